The Morgan fingerprint density at radius 1 is 0.833 bits per heavy atom. The van der Waals surface area contributed by atoms with Gasteiger partial charge in [0.15, 0.2) is 0 Å². The number of hydrogen-bond donors (Lipinski definition) is 4. The standard InChI is InChI=1S/C6H14N2O4/c1-7-3-4-8(2)6(11,12)5(7,9)10/h9-12H,3-4H2,1-2H3. The van der Waals surface area contributed by atoms with E-state index in [2.05, 4.69) is 0 Å². The van der Waals surface area contributed by atoms with Crippen LogP contribution >= 0.6 is 0 Å². The van der Waals surface area contributed by atoms with Crippen LogP contribution in [0.5, 0.6) is 0 Å². The lowest BCUT2D eigenvalue weighted by molar-refractivity contribution is -0.465. The first kappa shape index (κ1) is 9.85. The molecular formula is C6H14N2O4. The van der Waals surface area contributed by atoms with Crippen LogP contribution in [0.2, 0.25) is 0 Å². The molecule has 0 spiro atoms. The molecule has 0 bridgehead atoms. The van der Waals surface area contributed by atoms with Crippen molar-refractivity contribution in [3.05, 3.63) is 0 Å². The molecule has 1 heterocycles. The summed E-state index contributed by atoms with van der Waals surface area (Å²) < 4.78 is 0. The Bertz CT molecular complexity index is 162. The zero-order valence-corrected chi connectivity index (χ0v) is 7.10. The van der Waals surface area contributed by atoms with Crippen LogP contribution in [0.3, 0.4) is 0 Å². The molecule has 1 aliphatic heterocycles. The fourth-order valence-electron chi connectivity index (χ4n) is 1.12. The normalized spacial score (nSPS) is 30.5. The van der Waals surface area contributed by atoms with E-state index < -0.39 is 11.8 Å². The molecule has 1 rings (SSSR count). The average Bonchev–Trinajstić information content (AvgIpc) is 1.96. The van der Waals surface area contributed by atoms with Crippen molar-refractivity contribution in [3.63, 3.8) is 0 Å². The Morgan fingerprint density at radius 3 is 1.33 bits per heavy atom. The summed E-state index contributed by atoms with van der Waals surface area (Å²) in [6.07, 6.45) is 0. The lowest BCUT2D eigenvalue weighted by atomic mass is 10.2. The molecule has 0 amide bonds. The van der Waals surface area contributed by atoms with Crippen LogP contribution in [0.25, 0.3) is 0 Å². The molecule has 0 unspecified atom stereocenters. The molecule has 0 radical (unpaired) electrons. The number of rotatable bonds is 0. The molecule has 6 heteroatoms. The van der Waals surface area contributed by atoms with Crippen molar-refractivity contribution in [1.82, 2.24) is 9.80 Å². The molecule has 1 saturated heterocycles. The van der Waals surface area contributed by atoms with Crippen LogP contribution in [0.4, 0.5) is 0 Å². The maximum atomic E-state index is 9.28. The lowest BCUT2D eigenvalue weighted by Crippen LogP contribution is -2.74. The quantitative estimate of drug-likeness (QED) is 0.298. The number of nitrogens with zero attached hydrogens (tertiary/aromatic N) is 2. The Hall–Kier alpha value is -0.240. The number of hydrogen-bond acceptors (Lipinski definition) is 6. The molecule has 0 aliphatic carbocycles. The summed E-state index contributed by atoms with van der Waals surface area (Å²) in [7, 11) is 2.79. The van der Waals surface area contributed by atoms with Gasteiger partial charge in [0.2, 0.25) is 0 Å². The van der Waals surface area contributed by atoms with Crippen molar-refractivity contribution in [3.8, 4) is 0 Å². The van der Waals surface area contributed by atoms with E-state index >= 15 is 0 Å². The second-order valence-electron chi connectivity index (χ2n) is 3.11. The summed E-state index contributed by atoms with van der Waals surface area (Å²) in [6, 6.07) is 0. The second kappa shape index (κ2) is 2.63. The first-order chi connectivity index (χ1) is 5.30. The van der Waals surface area contributed by atoms with Crippen molar-refractivity contribution in [1.29, 1.82) is 0 Å². The highest BCUT2D eigenvalue weighted by Gasteiger charge is 2.56. The number of aliphatic hydroxyl groups is 4. The second-order valence-corrected chi connectivity index (χ2v) is 3.11. The fourth-order valence-corrected chi connectivity index (χ4v) is 1.12. The van der Waals surface area contributed by atoms with Crippen LogP contribution in [0, 0.1) is 0 Å². The largest absolute Gasteiger partial charge is 0.348 e. The van der Waals surface area contributed by atoms with Crippen LogP contribution in [0.15, 0.2) is 0 Å². The van der Waals surface area contributed by atoms with E-state index in [1.807, 2.05) is 0 Å². The summed E-state index contributed by atoms with van der Waals surface area (Å²) in [5.41, 5.74) is 0. The minimum Gasteiger partial charge on any atom is -0.348 e. The van der Waals surface area contributed by atoms with E-state index in [1.54, 1.807) is 0 Å². The molecule has 1 aliphatic rings. The van der Waals surface area contributed by atoms with Crippen LogP contribution in [-0.4, -0.2) is 69.2 Å². The van der Waals surface area contributed by atoms with Gasteiger partial charge in [-0.05, 0) is 14.1 Å². The molecule has 4 N–H and O–H groups in total. The van der Waals surface area contributed by atoms with Gasteiger partial charge in [-0.1, -0.05) is 0 Å². The van der Waals surface area contributed by atoms with Crippen molar-refractivity contribution in [2.75, 3.05) is 27.2 Å². The van der Waals surface area contributed by atoms with Crippen LogP contribution in [0.1, 0.15) is 0 Å². The van der Waals surface area contributed by atoms with E-state index in [0.29, 0.717) is 13.1 Å². The number of likely N-dealkylation sites (N-methyl/N-ethyl adjacent to an activating group) is 2. The third-order valence-corrected chi connectivity index (χ3v) is 2.29. The smallest absolute Gasteiger partial charge is 0.297 e. The highest BCUT2D eigenvalue weighted by atomic mass is 16.6. The van der Waals surface area contributed by atoms with Crippen molar-refractivity contribution in [2.24, 2.45) is 0 Å². The maximum Gasteiger partial charge on any atom is 0.297 e. The van der Waals surface area contributed by atoms with Crippen LogP contribution in [-0.2, 0) is 0 Å². The van der Waals surface area contributed by atoms with Gasteiger partial charge in [0.1, 0.15) is 0 Å². The molecular weight excluding hydrogens is 164 g/mol. The van der Waals surface area contributed by atoms with Crippen molar-refractivity contribution < 1.29 is 20.4 Å². The minimum absolute atomic E-state index is 0.354. The van der Waals surface area contributed by atoms with E-state index in [0.717, 1.165) is 9.80 Å². The third-order valence-electron chi connectivity index (χ3n) is 2.29. The van der Waals surface area contributed by atoms with Gasteiger partial charge in [0.05, 0.1) is 0 Å². The zero-order valence-electron chi connectivity index (χ0n) is 7.10. The Morgan fingerprint density at radius 2 is 1.08 bits per heavy atom. The first-order valence-corrected chi connectivity index (χ1v) is 3.62. The predicted octanol–water partition coefficient (Wildman–Crippen LogP) is -2.86. The molecule has 0 atom stereocenters. The molecule has 72 valence electrons. The van der Waals surface area contributed by atoms with Gasteiger partial charge in [-0.25, -0.2) is 9.80 Å². The van der Waals surface area contributed by atoms with Gasteiger partial charge in [0, 0.05) is 13.1 Å². The summed E-state index contributed by atoms with van der Waals surface area (Å²) in [4.78, 5) is 2.12. The third kappa shape index (κ3) is 1.13. The number of piperazine rings is 1. The van der Waals surface area contributed by atoms with Gasteiger partial charge >= 0.3 is 0 Å². The van der Waals surface area contributed by atoms with Gasteiger partial charge in [0.25, 0.3) is 11.8 Å². The molecule has 0 saturated carbocycles. The summed E-state index contributed by atoms with van der Waals surface area (Å²) in [5, 5.41) is 37.1. The summed E-state index contributed by atoms with van der Waals surface area (Å²) in [5.74, 6) is -5.25. The monoisotopic (exact) mass is 178 g/mol. The Labute approximate surface area is 70.3 Å². The van der Waals surface area contributed by atoms with Gasteiger partial charge in [-0.3, -0.25) is 0 Å². The van der Waals surface area contributed by atoms with E-state index in [-0.39, 0.29) is 0 Å². The van der Waals surface area contributed by atoms with Gasteiger partial charge in [-0.15, -0.1) is 0 Å². The van der Waals surface area contributed by atoms with Crippen molar-refractivity contribution >= 4 is 0 Å². The molecule has 6 nitrogen and oxygen atoms in total. The molecule has 0 aromatic rings. The molecule has 12 heavy (non-hydrogen) atoms. The molecule has 1 fully saturated rings. The zero-order chi connectivity index (χ0) is 9.57. The lowest BCUT2D eigenvalue weighted by Gasteiger charge is -2.49. The van der Waals surface area contributed by atoms with E-state index in [9.17, 15) is 20.4 Å². The molecule has 0 aromatic heterocycles. The van der Waals surface area contributed by atoms with Gasteiger partial charge in [-0.2, -0.15) is 0 Å². The Balaban J connectivity index is 2.92. The van der Waals surface area contributed by atoms with Crippen molar-refractivity contribution in [2.45, 2.75) is 11.8 Å². The first-order valence-electron chi connectivity index (χ1n) is 3.62. The highest BCUT2D eigenvalue weighted by molar-refractivity contribution is 4.85. The van der Waals surface area contributed by atoms with Gasteiger partial charge < -0.3 is 20.4 Å². The average molecular weight is 178 g/mol. The fraction of sp³-hybridized carbons (Fsp3) is 1.00. The SMILES string of the molecule is CN1CCN(C)C(O)(O)C1(O)O. The topological polar surface area (TPSA) is 87.4 Å². The Kier molecular flexibility index (Phi) is 2.15. The maximum absolute atomic E-state index is 9.28. The van der Waals surface area contributed by atoms with E-state index in [1.165, 1.54) is 14.1 Å². The minimum atomic E-state index is -2.62. The molecule has 0 aromatic carbocycles. The van der Waals surface area contributed by atoms with Crippen LogP contribution < -0.4 is 0 Å². The summed E-state index contributed by atoms with van der Waals surface area (Å²) in [6.45, 7) is 0.707. The summed E-state index contributed by atoms with van der Waals surface area (Å²) >= 11 is 0. The van der Waals surface area contributed by atoms with E-state index in [4.69, 9.17) is 0 Å². The highest BCUT2D eigenvalue weighted by Crippen LogP contribution is 2.26. The predicted molar refractivity (Wildman–Crippen MR) is 39.6 cm³/mol.